The Bertz CT molecular complexity index is 1210. The molecule has 0 spiro atoms. The van der Waals surface area contributed by atoms with Gasteiger partial charge in [0, 0.05) is 4.47 Å². The first-order chi connectivity index (χ1) is 12.9. The van der Waals surface area contributed by atoms with E-state index in [1.807, 2.05) is 26.0 Å². The van der Waals surface area contributed by atoms with Crippen LogP contribution in [-0.4, -0.2) is 19.3 Å². The number of halogens is 2. The van der Waals surface area contributed by atoms with Gasteiger partial charge in [-0.15, -0.1) is 0 Å². The lowest BCUT2D eigenvalue weighted by Crippen LogP contribution is -2.21. The first kappa shape index (κ1) is 17.6. The molecule has 0 N–H and O–H groups in total. The van der Waals surface area contributed by atoms with E-state index in [9.17, 15) is 9.18 Å². The van der Waals surface area contributed by atoms with Gasteiger partial charge in [-0.2, -0.15) is 5.10 Å². The molecule has 4 aromatic rings. The Morgan fingerprint density at radius 3 is 2.56 bits per heavy atom. The summed E-state index contributed by atoms with van der Waals surface area (Å²) in [6, 6.07) is 10.5. The number of fused-ring (bicyclic) bond motifs is 1. The van der Waals surface area contributed by atoms with Crippen LogP contribution in [0.5, 0.6) is 0 Å². The topological polar surface area (TPSA) is 52.7 Å². The molecule has 27 heavy (non-hydrogen) atoms. The minimum Gasteiger partial charge on any atom is -0.294 e. The fourth-order valence-electron chi connectivity index (χ4n) is 3.16. The smallest absolute Gasteiger partial charge is 0.264 e. The molecule has 7 heteroatoms. The van der Waals surface area contributed by atoms with E-state index in [0.29, 0.717) is 15.5 Å². The summed E-state index contributed by atoms with van der Waals surface area (Å²) < 4.78 is 17.1. The maximum atomic E-state index is 13.3. The Hall–Kier alpha value is -2.80. The predicted molar refractivity (Wildman–Crippen MR) is 106 cm³/mol. The SMILES string of the molecule is Cc1cc(C)cc(-n2ncc3c(=O)n(Cc4ccc(F)cc4Br)cnc32)c1. The second kappa shape index (κ2) is 6.74. The lowest BCUT2D eigenvalue weighted by Gasteiger charge is -2.09. The molecular weight excluding hydrogens is 411 g/mol. The van der Waals surface area contributed by atoms with E-state index in [1.165, 1.54) is 23.0 Å². The van der Waals surface area contributed by atoms with Crippen LogP contribution in [-0.2, 0) is 6.54 Å². The second-order valence-electron chi connectivity index (χ2n) is 6.55. The third-order valence-corrected chi connectivity index (χ3v) is 5.10. The van der Waals surface area contributed by atoms with Gasteiger partial charge in [0.2, 0.25) is 0 Å². The first-order valence-corrected chi connectivity index (χ1v) is 9.17. The molecule has 0 amide bonds. The zero-order valence-corrected chi connectivity index (χ0v) is 16.4. The van der Waals surface area contributed by atoms with Crippen LogP contribution < -0.4 is 5.56 Å². The summed E-state index contributed by atoms with van der Waals surface area (Å²) in [5, 5.41) is 4.81. The molecule has 0 bridgehead atoms. The number of hydrogen-bond donors (Lipinski definition) is 0. The summed E-state index contributed by atoms with van der Waals surface area (Å²) in [5.41, 5.74) is 4.22. The van der Waals surface area contributed by atoms with E-state index in [2.05, 4.69) is 32.1 Å². The number of hydrogen-bond acceptors (Lipinski definition) is 3. The standard InChI is InChI=1S/C20H16BrFN4O/c1-12-5-13(2)7-16(6-12)26-19-17(9-24-26)20(27)25(11-23-19)10-14-3-4-15(22)8-18(14)21/h3-9,11H,10H2,1-2H3. The van der Waals surface area contributed by atoms with Gasteiger partial charge in [-0.3, -0.25) is 9.36 Å². The van der Waals surface area contributed by atoms with Gasteiger partial charge in [0.1, 0.15) is 17.5 Å². The summed E-state index contributed by atoms with van der Waals surface area (Å²) in [5.74, 6) is -0.332. The van der Waals surface area contributed by atoms with Crippen molar-refractivity contribution in [3.8, 4) is 5.69 Å². The van der Waals surface area contributed by atoms with Crippen LogP contribution in [0.4, 0.5) is 4.39 Å². The van der Waals surface area contributed by atoms with Crippen molar-refractivity contribution in [2.75, 3.05) is 0 Å². The molecule has 0 saturated heterocycles. The van der Waals surface area contributed by atoms with Crippen molar-refractivity contribution >= 4 is 27.0 Å². The molecule has 0 aliphatic carbocycles. The summed E-state index contributed by atoms with van der Waals surface area (Å²) in [4.78, 5) is 17.3. The molecule has 0 saturated carbocycles. The largest absolute Gasteiger partial charge is 0.294 e. The van der Waals surface area contributed by atoms with Crippen molar-refractivity contribution in [1.82, 2.24) is 19.3 Å². The molecule has 0 radical (unpaired) electrons. The number of aromatic nitrogens is 4. The summed E-state index contributed by atoms with van der Waals surface area (Å²) >= 11 is 3.33. The average molecular weight is 427 g/mol. The van der Waals surface area contributed by atoms with Gasteiger partial charge in [0.15, 0.2) is 5.65 Å². The maximum absolute atomic E-state index is 13.3. The molecule has 0 aliphatic heterocycles. The van der Waals surface area contributed by atoms with Crippen molar-refractivity contribution < 1.29 is 4.39 Å². The first-order valence-electron chi connectivity index (χ1n) is 8.38. The van der Waals surface area contributed by atoms with Crippen molar-refractivity contribution in [3.63, 3.8) is 0 Å². The van der Waals surface area contributed by atoms with E-state index < -0.39 is 0 Å². The van der Waals surface area contributed by atoms with E-state index in [0.717, 1.165) is 22.4 Å². The Kier molecular flexibility index (Phi) is 4.39. The number of benzene rings is 2. The highest BCUT2D eigenvalue weighted by atomic mass is 79.9. The van der Waals surface area contributed by atoms with Gasteiger partial charge in [0.25, 0.3) is 5.56 Å². The van der Waals surface area contributed by atoms with E-state index in [-0.39, 0.29) is 17.9 Å². The highest BCUT2D eigenvalue weighted by molar-refractivity contribution is 9.10. The quantitative estimate of drug-likeness (QED) is 0.494. The molecule has 2 heterocycles. The fraction of sp³-hybridized carbons (Fsp3) is 0.150. The van der Waals surface area contributed by atoms with Gasteiger partial charge in [-0.25, -0.2) is 14.1 Å². The second-order valence-corrected chi connectivity index (χ2v) is 7.41. The Morgan fingerprint density at radius 1 is 1.11 bits per heavy atom. The maximum Gasteiger partial charge on any atom is 0.264 e. The number of nitrogens with zero attached hydrogens (tertiary/aromatic N) is 4. The predicted octanol–water partition coefficient (Wildman–Crippen LogP) is 4.15. The van der Waals surface area contributed by atoms with Crippen molar-refractivity contribution in [2.45, 2.75) is 20.4 Å². The monoisotopic (exact) mass is 426 g/mol. The minimum atomic E-state index is -0.332. The van der Waals surface area contributed by atoms with Crippen LogP contribution >= 0.6 is 15.9 Å². The van der Waals surface area contributed by atoms with Crippen LogP contribution in [0, 0.1) is 19.7 Å². The molecule has 5 nitrogen and oxygen atoms in total. The number of rotatable bonds is 3. The Morgan fingerprint density at radius 2 is 1.85 bits per heavy atom. The highest BCUT2D eigenvalue weighted by Gasteiger charge is 2.13. The van der Waals surface area contributed by atoms with Crippen molar-refractivity contribution in [3.05, 3.63) is 86.3 Å². The molecule has 0 aliphatic rings. The average Bonchev–Trinajstić information content (AvgIpc) is 3.03. The number of aryl methyl sites for hydroxylation is 2. The molecule has 136 valence electrons. The molecule has 4 rings (SSSR count). The summed E-state index contributed by atoms with van der Waals surface area (Å²) in [6.45, 7) is 4.32. The van der Waals surface area contributed by atoms with Crippen LogP contribution in [0.15, 0.2) is 58.2 Å². The zero-order valence-electron chi connectivity index (χ0n) is 14.8. The molecule has 2 aromatic carbocycles. The normalized spacial score (nSPS) is 11.3. The lowest BCUT2D eigenvalue weighted by molar-refractivity contribution is 0.624. The molecule has 2 aromatic heterocycles. The Labute approximate surface area is 163 Å². The summed E-state index contributed by atoms with van der Waals surface area (Å²) in [6.07, 6.45) is 3.04. The molecular formula is C20H16BrFN4O. The van der Waals surface area contributed by atoms with E-state index >= 15 is 0 Å². The van der Waals surface area contributed by atoms with Crippen LogP contribution in [0.1, 0.15) is 16.7 Å². The van der Waals surface area contributed by atoms with Crippen LogP contribution in [0.25, 0.3) is 16.7 Å². The van der Waals surface area contributed by atoms with E-state index in [1.54, 1.807) is 16.9 Å². The highest BCUT2D eigenvalue weighted by Crippen LogP contribution is 2.20. The zero-order chi connectivity index (χ0) is 19.1. The van der Waals surface area contributed by atoms with Crippen LogP contribution in [0.3, 0.4) is 0 Å². The Balaban J connectivity index is 1.79. The lowest BCUT2D eigenvalue weighted by atomic mass is 10.1. The van der Waals surface area contributed by atoms with E-state index in [4.69, 9.17) is 0 Å². The van der Waals surface area contributed by atoms with Gasteiger partial charge >= 0.3 is 0 Å². The fourth-order valence-corrected chi connectivity index (χ4v) is 3.63. The van der Waals surface area contributed by atoms with Gasteiger partial charge in [0.05, 0.1) is 18.4 Å². The van der Waals surface area contributed by atoms with Crippen LogP contribution in [0.2, 0.25) is 0 Å². The third kappa shape index (κ3) is 3.30. The molecule has 0 unspecified atom stereocenters. The third-order valence-electron chi connectivity index (χ3n) is 4.36. The van der Waals surface area contributed by atoms with Gasteiger partial charge < -0.3 is 0 Å². The van der Waals surface area contributed by atoms with Gasteiger partial charge in [-0.1, -0.05) is 28.1 Å². The summed E-state index contributed by atoms with van der Waals surface area (Å²) in [7, 11) is 0. The molecule has 0 atom stereocenters. The molecule has 0 fully saturated rings. The van der Waals surface area contributed by atoms with Crippen molar-refractivity contribution in [2.24, 2.45) is 0 Å². The van der Waals surface area contributed by atoms with Gasteiger partial charge in [-0.05, 0) is 54.8 Å². The van der Waals surface area contributed by atoms with Crippen molar-refractivity contribution in [1.29, 1.82) is 0 Å². The minimum absolute atomic E-state index is 0.188.